The van der Waals surface area contributed by atoms with E-state index in [1.54, 1.807) is 12.1 Å². The summed E-state index contributed by atoms with van der Waals surface area (Å²) < 4.78 is 24.8. The van der Waals surface area contributed by atoms with E-state index in [9.17, 15) is 8.42 Å². The van der Waals surface area contributed by atoms with Gasteiger partial charge in [0, 0.05) is 18.3 Å². The standard InChI is InChI=1S/C13H20ClN3O2S/c1-17-7-3-4-11(9-17)15-10-5-6-13(12(14)8-10)16-20(2,18)19/h5-6,8,11,15-16H,3-4,7,9H2,1-2H3. The van der Waals surface area contributed by atoms with Crippen LogP contribution in [0.3, 0.4) is 0 Å². The van der Waals surface area contributed by atoms with Crippen molar-refractivity contribution in [3.63, 3.8) is 0 Å². The first kappa shape index (κ1) is 15.4. The Labute approximate surface area is 125 Å². The van der Waals surface area contributed by atoms with Crippen LogP contribution in [0.25, 0.3) is 0 Å². The third-order valence-corrected chi connectivity index (χ3v) is 4.16. The Morgan fingerprint density at radius 1 is 1.40 bits per heavy atom. The van der Waals surface area contributed by atoms with Crippen LogP contribution in [-0.4, -0.2) is 45.8 Å². The Bertz CT molecular complexity index is 577. The highest BCUT2D eigenvalue weighted by molar-refractivity contribution is 7.92. The fourth-order valence-electron chi connectivity index (χ4n) is 2.41. The highest BCUT2D eigenvalue weighted by Crippen LogP contribution is 2.27. The predicted octanol–water partition coefficient (Wildman–Crippen LogP) is 2.22. The zero-order valence-corrected chi connectivity index (χ0v) is 13.3. The first-order valence-corrected chi connectivity index (χ1v) is 8.83. The molecule has 0 aromatic heterocycles. The molecule has 1 aliphatic rings. The number of likely N-dealkylation sites (tertiary alicyclic amines) is 1. The third-order valence-electron chi connectivity index (χ3n) is 3.26. The summed E-state index contributed by atoms with van der Waals surface area (Å²) in [5, 5.41) is 3.83. The molecule has 1 aromatic carbocycles. The van der Waals surface area contributed by atoms with Gasteiger partial charge in [-0.25, -0.2) is 8.42 Å². The molecule has 112 valence electrons. The van der Waals surface area contributed by atoms with Gasteiger partial charge in [0.05, 0.1) is 17.0 Å². The van der Waals surface area contributed by atoms with Crippen LogP contribution in [0.15, 0.2) is 18.2 Å². The Balaban J connectivity index is 2.05. The molecule has 2 N–H and O–H groups in total. The van der Waals surface area contributed by atoms with Crippen molar-refractivity contribution in [2.75, 3.05) is 36.4 Å². The molecule has 1 aromatic rings. The van der Waals surface area contributed by atoms with Crippen molar-refractivity contribution in [1.82, 2.24) is 4.90 Å². The smallest absolute Gasteiger partial charge is 0.229 e. The van der Waals surface area contributed by atoms with Crippen LogP contribution in [0.2, 0.25) is 5.02 Å². The highest BCUT2D eigenvalue weighted by atomic mass is 35.5. The summed E-state index contributed by atoms with van der Waals surface area (Å²) >= 11 is 6.10. The molecule has 5 nitrogen and oxygen atoms in total. The molecule has 0 aliphatic carbocycles. The van der Waals surface area contributed by atoms with Crippen LogP contribution in [0.4, 0.5) is 11.4 Å². The summed E-state index contributed by atoms with van der Waals surface area (Å²) in [4.78, 5) is 2.29. The number of piperidine rings is 1. The maximum Gasteiger partial charge on any atom is 0.229 e. The van der Waals surface area contributed by atoms with Gasteiger partial charge >= 0.3 is 0 Å². The minimum atomic E-state index is -3.31. The summed E-state index contributed by atoms with van der Waals surface area (Å²) in [6.45, 7) is 2.14. The lowest BCUT2D eigenvalue weighted by atomic mass is 10.1. The maximum atomic E-state index is 11.2. The zero-order chi connectivity index (χ0) is 14.8. The molecular formula is C13H20ClN3O2S. The van der Waals surface area contributed by atoms with Gasteiger partial charge < -0.3 is 10.2 Å². The molecule has 7 heteroatoms. The average Bonchev–Trinajstić information content (AvgIpc) is 2.31. The number of halogens is 1. The van der Waals surface area contributed by atoms with Gasteiger partial charge in [-0.15, -0.1) is 0 Å². The number of nitrogens with zero attached hydrogens (tertiary/aromatic N) is 1. The van der Waals surface area contributed by atoms with Gasteiger partial charge in [-0.3, -0.25) is 4.72 Å². The number of nitrogens with one attached hydrogen (secondary N) is 2. The molecule has 2 rings (SSSR count). The lowest BCUT2D eigenvalue weighted by molar-refractivity contribution is 0.261. The van der Waals surface area contributed by atoms with E-state index < -0.39 is 10.0 Å². The SMILES string of the molecule is CN1CCCC(Nc2ccc(NS(C)(=O)=O)c(Cl)c2)C1. The maximum absolute atomic E-state index is 11.2. The zero-order valence-electron chi connectivity index (χ0n) is 11.7. The van der Waals surface area contributed by atoms with Gasteiger partial charge in [0.25, 0.3) is 0 Å². The van der Waals surface area contributed by atoms with E-state index in [0.29, 0.717) is 16.8 Å². The number of sulfonamides is 1. The molecule has 0 bridgehead atoms. The fraction of sp³-hybridized carbons (Fsp3) is 0.538. The van der Waals surface area contributed by atoms with Crippen molar-refractivity contribution < 1.29 is 8.42 Å². The molecule has 1 unspecified atom stereocenters. The third kappa shape index (κ3) is 4.54. The van der Waals surface area contributed by atoms with E-state index >= 15 is 0 Å². The quantitative estimate of drug-likeness (QED) is 0.894. The molecule has 1 saturated heterocycles. The molecule has 0 radical (unpaired) electrons. The minimum Gasteiger partial charge on any atom is -0.381 e. The van der Waals surface area contributed by atoms with Gasteiger partial charge in [0.15, 0.2) is 0 Å². The monoisotopic (exact) mass is 317 g/mol. The lowest BCUT2D eigenvalue weighted by Crippen LogP contribution is -2.39. The Morgan fingerprint density at radius 2 is 2.15 bits per heavy atom. The predicted molar refractivity (Wildman–Crippen MR) is 84.1 cm³/mol. The number of likely N-dealkylation sites (N-methyl/N-ethyl adjacent to an activating group) is 1. The van der Waals surface area contributed by atoms with E-state index in [1.807, 2.05) is 6.07 Å². The van der Waals surface area contributed by atoms with E-state index in [1.165, 1.54) is 6.42 Å². The van der Waals surface area contributed by atoms with Crippen LogP contribution >= 0.6 is 11.6 Å². The topological polar surface area (TPSA) is 61.4 Å². The first-order valence-electron chi connectivity index (χ1n) is 6.56. The van der Waals surface area contributed by atoms with Crippen molar-refractivity contribution in [3.8, 4) is 0 Å². The Kier molecular flexibility index (Phi) is 4.78. The summed E-state index contributed by atoms with van der Waals surface area (Å²) in [6, 6.07) is 5.68. The minimum absolute atomic E-state index is 0.393. The van der Waals surface area contributed by atoms with Crippen molar-refractivity contribution in [2.24, 2.45) is 0 Å². The second kappa shape index (κ2) is 6.20. The summed E-state index contributed by atoms with van der Waals surface area (Å²) in [6.07, 6.45) is 3.41. The number of hydrogen-bond donors (Lipinski definition) is 2. The molecule has 1 atom stereocenters. The number of benzene rings is 1. The second-order valence-electron chi connectivity index (χ2n) is 5.31. The second-order valence-corrected chi connectivity index (χ2v) is 7.47. The summed E-state index contributed by atoms with van der Waals surface area (Å²) in [5.74, 6) is 0. The Hall–Kier alpha value is -0.980. The molecule has 1 fully saturated rings. The highest BCUT2D eigenvalue weighted by Gasteiger charge is 2.17. The normalized spacial score (nSPS) is 20.6. The summed E-state index contributed by atoms with van der Waals surface area (Å²) in [5.41, 5.74) is 1.31. The van der Waals surface area contributed by atoms with Crippen molar-refractivity contribution in [2.45, 2.75) is 18.9 Å². The molecule has 1 aliphatic heterocycles. The lowest BCUT2D eigenvalue weighted by Gasteiger charge is -2.31. The Morgan fingerprint density at radius 3 is 2.75 bits per heavy atom. The molecule has 0 amide bonds. The van der Waals surface area contributed by atoms with Crippen molar-refractivity contribution in [1.29, 1.82) is 0 Å². The van der Waals surface area contributed by atoms with E-state index in [2.05, 4.69) is 22.0 Å². The van der Waals surface area contributed by atoms with E-state index in [4.69, 9.17) is 11.6 Å². The number of rotatable bonds is 4. The van der Waals surface area contributed by atoms with Gasteiger partial charge in [0.1, 0.15) is 0 Å². The molecule has 0 saturated carbocycles. The number of anilines is 2. The molecular weight excluding hydrogens is 298 g/mol. The molecule has 0 spiro atoms. The van der Waals surface area contributed by atoms with Crippen molar-refractivity contribution >= 4 is 33.0 Å². The van der Waals surface area contributed by atoms with Crippen LogP contribution in [-0.2, 0) is 10.0 Å². The number of hydrogen-bond acceptors (Lipinski definition) is 4. The van der Waals surface area contributed by atoms with E-state index in [0.717, 1.165) is 31.5 Å². The fourth-order valence-corrected chi connectivity index (χ4v) is 3.27. The van der Waals surface area contributed by atoms with Gasteiger partial charge in [0.2, 0.25) is 10.0 Å². The molecule has 1 heterocycles. The average molecular weight is 318 g/mol. The van der Waals surface area contributed by atoms with Crippen LogP contribution < -0.4 is 10.0 Å². The van der Waals surface area contributed by atoms with E-state index in [-0.39, 0.29) is 0 Å². The van der Waals surface area contributed by atoms with Gasteiger partial charge in [-0.1, -0.05) is 11.6 Å². The first-order chi connectivity index (χ1) is 9.33. The largest absolute Gasteiger partial charge is 0.381 e. The van der Waals surface area contributed by atoms with Gasteiger partial charge in [-0.2, -0.15) is 0 Å². The molecule has 20 heavy (non-hydrogen) atoms. The van der Waals surface area contributed by atoms with Crippen LogP contribution in [0.5, 0.6) is 0 Å². The van der Waals surface area contributed by atoms with Crippen LogP contribution in [0, 0.1) is 0 Å². The summed E-state index contributed by atoms with van der Waals surface area (Å²) in [7, 11) is -1.20. The van der Waals surface area contributed by atoms with Crippen molar-refractivity contribution in [3.05, 3.63) is 23.2 Å². The van der Waals surface area contributed by atoms with Gasteiger partial charge in [-0.05, 0) is 44.6 Å². The van der Waals surface area contributed by atoms with Crippen LogP contribution in [0.1, 0.15) is 12.8 Å².